The van der Waals surface area contributed by atoms with Gasteiger partial charge in [0, 0.05) is 11.3 Å². The third-order valence-electron chi connectivity index (χ3n) is 3.93. The van der Waals surface area contributed by atoms with Crippen molar-refractivity contribution in [2.45, 2.75) is 52.7 Å². The van der Waals surface area contributed by atoms with Crippen LogP contribution in [0.25, 0.3) is 0 Å². The van der Waals surface area contributed by atoms with Crippen molar-refractivity contribution in [3.63, 3.8) is 0 Å². The Morgan fingerprint density at radius 1 is 1.32 bits per heavy atom. The molecule has 1 unspecified atom stereocenters. The molecule has 0 saturated heterocycles. The highest BCUT2D eigenvalue weighted by Gasteiger charge is 2.36. The minimum absolute atomic E-state index is 0.0223. The second kappa shape index (κ2) is 5.39. The minimum atomic E-state index is -0.0848. The summed E-state index contributed by atoms with van der Waals surface area (Å²) >= 11 is 0. The number of nitrogens with one attached hydrogen (secondary N) is 1. The molecule has 0 spiro atoms. The van der Waals surface area contributed by atoms with E-state index in [0.29, 0.717) is 5.92 Å². The van der Waals surface area contributed by atoms with E-state index in [1.54, 1.807) is 0 Å². The Morgan fingerprint density at radius 2 is 1.95 bits per heavy atom. The van der Waals surface area contributed by atoms with E-state index in [9.17, 15) is 4.79 Å². The Balaban J connectivity index is 1.85. The van der Waals surface area contributed by atoms with Crippen LogP contribution in [0, 0.1) is 17.3 Å². The fourth-order valence-electron chi connectivity index (χ4n) is 2.60. The lowest BCUT2D eigenvalue weighted by atomic mass is 9.82. The van der Waals surface area contributed by atoms with Crippen LogP contribution < -0.4 is 5.43 Å². The van der Waals surface area contributed by atoms with Crippen molar-refractivity contribution < 1.29 is 14.3 Å². The molecule has 0 aromatic heterocycles. The molecule has 1 N–H and O–H groups in total. The number of esters is 1. The van der Waals surface area contributed by atoms with Gasteiger partial charge in [0.25, 0.3) is 0 Å². The molecule has 1 saturated carbocycles. The molecule has 1 fully saturated rings. The SMILES string of the molecule is COC(=O)C1CCC(C2=NNC(C(C)(C)C)O2)CC1. The van der Waals surface area contributed by atoms with Crippen LogP contribution >= 0.6 is 0 Å². The van der Waals surface area contributed by atoms with Crippen LogP contribution in [0.2, 0.25) is 0 Å². The van der Waals surface area contributed by atoms with Gasteiger partial charge in [0.2, 0.25) is 5.90 Å². The standard InChI is InChI=1S/C14H24N2O3/c1-14(2,3)13-16-15-11(19-13)9-5-7-10(8-6-9)12(17)18-4/h9-10,13,16H,5-8H2,1-4H3. The molecule has 5 nitrogen and oxygen atoms in total. The summed E-state index contributed by atoms with van der Waals surface area (Å²) in [6, 6.07) is 0. The molecule has 108 valence electrons. The molecule has 0 aromatic rings. The van der Waals surface area contributed by atoms with Crippen LogP contribution in [0.1, 0.15) is 46.5 Å². The van der Waals surface area contributed by atoms with Crippen molar-refractivity contribution >= 4 is 11.9 Å². The number of hydrazone groups is 1. The summed E-state index contributed by atoms with van der Waals surface area (Å²) in [6.45, 7) is 6.37. The quantitative estimate of drug-likeness (QED) is 0.780. The van der Waals surface area contributed by atoms with Crippen molar-refractivity contribution in [1.82, 2.24) is 5.43 Å². The third-order valence-corrected chi connectivity index (χ3v) is 3.93. The lowest BCUT2D eigenvalue weighted by Crippen LogP contribution is -2.37. The fourth-order valence-corrected chi connectivity index (χ4v) is 2.60. The largest absolute Gasteiger partial charge is 0.469 e. The van der Waals surface area contributed by atoms with Gasteiger partial charge in [0.1, 0.15) is 0 Å². The number of hydrogen-bond acceptors (Lipinski definition) is 5. The van der Waals surface area contributed by atoms with Crippen molar-refractivity contribution in [1.29, 1.82) is 0 Å². The maximum absolute atomic E-state index is 11.5. The molecule has 19 heavy (non-hydrogen) atoms. The van der Waals surface area contributed by atoms with Crippen LogP contribution in [0.3, 0.4) is 0 Å². The topological polar surface area (TPSA) is 59.9 Å². The molecule has 0 amide bonds. The third kappa shape index (κ3) is 3.19. The van der Waals surface area contributed by atoms with Crippen LogP contribution in [-0.2, 0) is 14.3 Å². The van der Waals surface area contributed by atoms with Crippen molar-refractivity contribution in [3.05, 3.63) is 0 Å². The molecule has 0 bridgehead atoms. The highest BCUT2D eigenvalue weighted by Crippen LogP contribution is 2.33. The summed E-state index contributed by atoms with van der Waals surface area (Å²) in [5, 5.41) is 4.33. The van der Waals surface area contributed by atoms with Gasteiger partial charge in [0.05, 0.1) is 13.0 Å². The van der Waals surface area contributed by atoms with Crippen molar-refractivity contribution in [3.8, 4) is 0 Å². The van der Waals surface area contributed by atoms with Gasteiger partial charge < -0.3 is 9.47 Å². The predicted molar refractivity (Wildman–Crippen MR) is 72.4 cm³/mol. The molecular formula is C14H24N2O3. The smallest absolute Gasteiger partial charge is 0.308 e. The molecule has 2 aliphatic rings. The Morgan fingerprint density at radius 3 is 2.42 bits per heavy atom. The second-order valence-corrected chi connectivity index (χ2v) is 6.51. The van der Waals surface area contributed by atoms with Gasteiger partial charge in [-0.25, -0.2) is 0 Å². The zero-order chi connectivity index (χ0) is 14.0. The zero-order valence-electron chi connectivity index (χ0n) is 12.2. The number of hydrogen-bond donors (Lipinski definition) is 1. The lowest BCUT2D eigenvalue weighted by Gasteiger charge is -2.29. The van der Waals surface area contributed by atoms with E-state index in [1.165, 1.54) is 7.11 Å². The normalized spacial score (nSPS) is 31.2. The van der Waals surface area contributed by atoms with Gasteiger partial charge in [-0.1, -0.05) is 20.8 Å². The first-order chi connectivity index (χ1) is 8.91. The Bertz CT molecular complexity index is 365. The van der Waals surface area contributed by atoms with Gasteiger partial charge >= 0.3 is 5.97 Å². The first-order valence-corrected chi connectivity index (χ1v) is 6.99. The Hall–Kier alpha value is -1.26. The predicted octanol–water partition coefficient (Wildman–Crippen LogP) is 2.27. The van der Waals surface area contributed by atoms with Crippen LogP contribution in [0.4, 0.5) is 0 Å². The molecule has 0 aromatic carbocycles. The summed E-state index contributed by atoms with van der Waals surface area (Å²) in [4.78, 5) is 11.5. The van der Waals surface area contributed by atoms with Crippen molar-refractivity contribution in [2.75, 3.05) is 7.11 Å². The zero-order valence-corrected chi connectivity index (χ0v) is 12.2. The maximum atomic E-state index is 11.5. The molecule has 2 rings (SSSR count). The highest BCUT2D eigenvalue weighted by atomic mass is 16.5. The maximum Gasteiger partial charge on any atom is 0.308 e. The van der Waals surface area contributed by atoms with E-state index in [1.807, 2.05) is 0 Å². The Labute approximate surface area is 114 Å². The summed E-state index contributed by atoms with van der Waals surface area (Å²) in [6.07, 6.45) is 3.55. The highest BCUT2D eigenvalue weighted by molar-refractivity contribution is 5.80. The molecule has 1 aliphatic heterocycles. The number of ether oxygens (including phenoxy) is 2. The van der Waals surface area contributed by atoms with Crippen LogP contribution in [0.15, 0.2) is 5.10 Å². The van der Waals surface area contributed by atoms with Gasteiger partial charge in [-0.3, -0.25) is 10.2 Å². The van der Waals surface area contributed by atoms with E-state index in [2.05, 4.69) is 31.3 Å². The lowest BCUT2D eigenvalue weighted by molar-refractivity contribution is -0.146. The second-order valence-electron chi connectivity index (χ2n) is 6.51. The molecule has 5 heteroatoms. The number of methoxy groups -OCH3 is 1. The number of carbonyl (C=O) groups excluding carboxylic acids is 1. The number of nitrogens with zero attached hydrogens (tertiary/aromatic N) is 1. The molecular weight excluding hydrogens is 244 g/mol. The van der Waals surface area contributed by atoms with Crippen molar-refractivity contribution in [2.24, 2.45) is 22.4 Å². The van der Waals surface area contributed by atoms with Gasteiger partial charge in [0.15, 0.2) is 6.23 Å². The summed E-state index contributed by atoms with van der Waals surface area (Å²) < 4.78 is 10.7. The average Bonchev–Trinajstić information content (AvgIpc) is 2.87. The molecule has 1 atom stereocenters. The number of carbonyl (C=O) groups is 1. The number of rotatable bonds is 2. The van der Waals surface area contributed by atoms with E-state index in [4.69, 9.17) is 9.47 Å². The average molecular weight is 268 g/mol. The first-order valence-electron chi connectivity index (χ1n) is 6.99. The van der Waals surface area contributed by atoms with E-state index in [-0.39, 0.29) is 23.5 Å². The minimum Gasteiger partial charge on any atom is -0.469 e. The van der Waals surface area contributed by atoms with Crippen LogP contribution in [-0.4, -0.2) is 25.2 Å². The van der Waals surface area contributed by atoms with Gasteiger partial charge in [-0.15, -0.1) is 5.10 Å². The van der Waals surface area contributed by atoms with E-state index in [0.717, 1.165) is 31.6 Å². The molecule has 1 aliphatic carbocycles. The van der Waals surface area contributed by atoms with E-state index >= 15 is 0 Å². The van der Waals surface area contributed by atoms with Crippen LogP contribution in [0.5, 0.6) is 0 Å². The molecule has 1 heterocycles. The Kier molecular flexibility index (Phi) is 4.02. The summed E-state index contributed by atoms with van der Waals surface area (Å²) in [7, 11) is 1.45. The van der Waals surface area contributed by atoms with Gasteiger partial charge in [-0.2, -0.15) is 0 Å². The summed E-state index contributed by atoms with van der Waals surface area (Å²) in [5.74, 6) is 1.11. The van der Waals surface area contributed by atoms with E-state index < -0.39 is 0 Å². The first kappa shape index (κ1) is 14.2. The summed E-state index contributed by atoms with van der Waals surface area (Å²) in [5.41, 5.74) is 3.09. The fraction of sp³-hybridized carbons (Fsp3) is 0.857. The van der Waals surface area contributed by atoms with Gasteiger partial charge in [-0.05, 0) is 25.7 Å². The monoisotopic (exact) mass is 268 g/mol. The molecule has 0 radical (unpaired) electrons.